The SMILES string of the molecule is C[C@H](NC(=O)C[NH+]1CCN(c2ccc(F)cc2)CC1)c1ccccc1. The molecule has 0 bridgehead atoms. The van der Waals surface area contributed by atoms with Crippen molar-refractivity contribution in [1.29, 1.82) is 0 Å². The monoisotopic (exact) mass is 342 g/mol. The van der Waals surface area contributed by atoms with Crippen LogP contribution in [-0.4, -0.2) is 38.6 Å². The number of quaternary nitrogens is 1. The van der Waals surface area contributed by atoms with Crippen LogP contribution in [0.25, 0.3) is 0 Å². The van der Waals surface area contributed by atoms with Crippen LogP contribution in [0.2, 0.25) is 0 Å². The van der Waals surface area contributed by atoms with Crippen molar-refractivity contribution >= 4 is 11.6 Å². The first-order valence-corrected chi connectivity index (χ1v) is 8.80. The smallest absolute Gasteiger partial charge is 0.275 e. The van der Waals surface area contributed by atoms with Gasteiger partial charge in [-0.25, -0.2) is 4.39 Å². The molecule has 2 aromatic rings. The summed E-state index contributed by atoms with van der Waals surface area (Å²) in [6.07, 6.45) is 0. The molecule has 0 saturated carbocycles. The number of amides is 1. The molecule has 0 aliphatic carbocycles. The maximum absolute atomic E-state index is 13.0. The van der Waals surface area contributed by atoms with Crippen molar-refractivity contribution < 1.29 is 14.1 Å². The van der Waals surface area contributed by atoms with Crippen LogP contribution in [0.5, 0.6) is 0 Å². The van der Waals surface area contributed by atoms with Gasteiger partial charge in [-0.15, -0.1) is 0 Å². The Balaban J connectivity index is 1.45. The summed E-state index contributed by atoms with van der Waals surface area (Å²) in [6, 6.07) is 16.6. The Kier molecular flexibility index (Phi) is 5.66. The third-order valence-electron chi connectivity index (χ3n) is 4.75. The molecule has 0 unspecified atom stereocenters. The molecule has 1 atom stereocenters. The number of hydrogen-bond donors (Lipinski definition) is 2. The van der Waals surface area contributed by atoms with Crippen molar-refractivity contribution in [2.75, 3.05) is 37.6 Å². The molecule has 3 rings (SSSR count). The third-order valence-corrected chi connectivity index (χ3v) is 4.75. The number of halogens is 1. The number of benzene rings is 2. The van der Waals surface area contributed by atoms with Crippen LogP contribution in [0.15, 0.2) is 54.6 Å². The summed E-state index contributed by atoms with van der Waals surface area (Å²) in [5, 5.41) is 3.08. The molecule has 2 aromatic carbocycles. The lowest BCUT2D eigenvalue weighted by Crippen LogP contribution is -3.15. The van der Waals surface area contributed by atoms with Crippen molar-refractivity contribution in [1.82, 2.24) is 5.32 Å². The van der Waals surface area contributed by atoms with Gasteiger partial charge in [-0.1, -0.05) is 30.3 Å². The highest BCUT2D eigenvalue weighted by Crippen LogP contribution is 2.14. The van der Waals surface area contributed by atoms with Crippen LogP contribution in [0.1, 0.15) is 18.5 Å². The summed E-state index contributed by atoms with van der Waals surface area (Å²) in [7, 11) is 0. The minimum absolute atomic E-state index is 0.0219. The van der Waals surface area contributed by atoms with Crippen LogP contribution >= 0.6 is 0 Å². The lowest BCUT2D eigenvalue weighted by atomic mass is 10.1. The largest absolute Gasteiger partial charge is 0.360 e. The standard InChI is InChI=1S/C20H24FN3O/c1-16(17-5-3-2-4-6-17)22-20(25)15-23-11-13-24(14-12-23)19-9-7-18(21)8-10-19/h2-10,16H,11-15H2,1H3,(H,22,25)/p+1/t16-/m0/s1. The molecular formula is C20H25FN3O+. The van der Waals surface area contributed by atoms with Gasteiger partial charge in [-0.3, -0.25) is 4.79 Å². The van der Waals surface area contributed by atoms with Crippen molar-refractivity contribution in [3.63, 3.8) is 0 Å². The summed E-state index contributed by atoms with van der Waals surface area (Å²) >= 11 is 0. The zero-order valence-corrected chi connectivity index (χ0v) is 14.5. The molecule has 25 heavy (non-hydrogen) atoms. The van der Waals surface area contributed by atoms with E-state index in [0.29, 0.717) is 6.54 Å². The minimum atomic E-state index is -0.211. The summed E-state index contributed by atoms with van der Waals surface area (Å²) < 4.78 is 13.0. The van der Waals surface area contributed by atoms with Crippen molar-refractivity contribution in [2.45, 2.75) is 13.0 Å². The van der Waals surface area contributed by atoms with Crippen molar-refractivity contribution in [2.24, 2.45) is 0 Å². The van der Waals surface area contributed by atoms with Gasteiger partial charge in [-0.2, -0.15) is 0 Å². The number of anilines is 1. The fourth-order valence-corrected chi connectivity index (χ4v) is 3.25. The van der Waals surface area contributed by atoms with Crippen LogP contribution in [-0.2, 0) is 4.79 Å². The van der Waals surface area contributed by atoms with Crippen LogP contribution in [0, 0.1) is 5.82 Å². The summed E-state index contributed by atoms with van der Waals surface area (Å²) in [4.78, 5) is 15.8. The van der Waals surface area contributed by atoms with Crippen molar-refractivity contribution in [3.8, 4) is 0 Å². The van der Waals surface area contributed by atoms with E-state index in [1.54, 1.807) is 0 Å². The average molecular weight is 342 g/mol. The molecule has 1 aliphatic heterocycles. The van der Waals surface area contributed by atoms with E-state index in [-0.39, 0.29) is 17.8 Å². The number of nitrogens with zero attached hydrogens (tertiary/aromatic N) is 1. The Morgan fingerprint density at radius 3 is 2.40 bits per heavy atom. The minimum Gasteiger partial charge on any atom is -0.360 e. The highest BCUT2D eigenvalue weighted by Gasteiger charge is 2.23. The first-order chi connectivity index (χ1) is 12.1. The molecule has 1 fully saturated rings. The predicted octanol–water partition coefficient (Wildman–Crippen LogP) is 1.41. The second-order valence-electron chi connectivity index (χ2n) is 6.59. The molecule has 0 aromatic heterocycles. The summed E-state index contributed by atoms with van der Waals surface area (Å²) in [5.74, 6) is -0.126. The Morgan fingerprint density at radius 2 is 1.76 bits per heavy atom. The van der Waals surface area contributed by atoms with E-state index in [1.165, 1.54) is 17.0 Å². The predicted molar refractivity (Wildman–Crippen MR) is 97.2 cm³/mol. The van der Waals surface area contributed by atoms with E-state index in [1.807, 2.05) is 49.4 Å². The van der Waals surface area contributed by atoms with Crippen LogP contribution in [0.4, 0.5) is 10.1 Å². The number of carbonyl (C=O) groups is 1. The first kappa shape index (κ1) is 17.4. The molecule has 1 aliphatic rings. The number of piperazine rings is 1. The third kappa shape index (κ3) is 4.79. The van der Waals surface area contributed by atoms with Crippen molar-refractivity contribution in [3.05, 3.63) is 66.0 Å². The maximum Gasteiger partial charge on any atom is 0.275 e. The average Bonchev–Trinajstić information content (AvgIpc) is 2.64. The lowest BCUT2D eigenvalue weighted by Gasteiger charge is -2.33. The summed E-state index contributed by atoms with van der Waals surface area (Å²) in [5.41, 5.74) is 2.16. The zero-order chi connectivity index (χ0) is 17.6. The van der Waals surface area contributed by atoms with Gasteiger partial charge >= 0.3 is 0 Å². The fourth-order valence-electron chi connectivity index (χ4n) is 3.25. The maximum atomic E-state index is 13.0. The van der Waals surface area contributed by atoms with E-state index >= 15 is 0 Å². The molecule has 0 radical (unpaired) electrons. The number of hydrogen-bond acceptors (Lipinski definition) is 2. The van der Waals surface area contributed by atoms with E-state index < -0.39 is 0 Å². The summed E-state index contributed by atoms with van der Waals surface area (Å²) in [6.45, 7) is 6.07. The van der Waals surface area contributed by atoms with Crippen LogP contribution < -0.4 is 15.1 Å². The highest BCUT2D eigenvalue weighted by molar-refractivity contribution is 5.77. The fraction of sp³-hybridized carbons (Fsp3) is 0.350. The zero-order valence-electron chi connectivity index (χ0n) is 14.5. The Morgan fingerprint density at radius 1 is 1.12 bits per heavy atom. The molecule has 5 heteroatoms. The molecule has 1 amide bonds. The highest BCUT2D eigenvalue weighted by atomic mass is 19.1. The Labute approximate surface area is 148 Å². The van der Waals surface area contributed by atoms with Gasteiger partial charge in [-0.05, 0) is 36.8 Å². The molecular weight excluding hydrogens is 317 g/mol. The lowest BCUT2D eigenvalue weighted by molar-refractivity contribution is -0.892. The van der Waals surface area contributed by atoms with E-state index in [9.17, 15) is 9.18 Å². The van der Waals surface area contributed by atoms with Gasteiger partial charge in [0.1, 0.15) is 5.82 Å². The van der Waals surface area contributed by atoms with Gasteiger partial charge in [0.25, 0.3) is 5.91 Å². The quantitative estimate of drug-likeness (QED) is 0.862. The molecule has 1 saturated heterocycles. The molecule has 2 N–H and O–H groups in total. The number of nitrogens with one attached hydrogen (secondary N) is 2. The number of carbonyl (C=O) groups excluding carboxylic acids is 1. The van der Waals surface area contributed by atoms with E-state index in [0.717, 1.165) is 37.4 Å². The van der Waals surface area contributed by atoms with Gasteiger partial charge in [0.15, 0.2) is 6.54 Å². The Hall–Kier alpha value is -2.40. The number of rotatable bonds is 5. The second kappa shape index (κ2) is 8.12. The molecule has 0 spiro atoms. The van der Waals surface area contributed by atoms with E-state index in [2.05, 4.69) is 10.2 Å². The molecule has 1 heterocycles. The van der Waals surface area contributed by atoms with Gasteiger partial charge in [0.05, 0.1) is 32.2 Å². The topological polar surface area (TPSA) is 36.8 Å². The normalized spacial score (nSPS) is 16.5. The first-order valence-electron chi connectivity index (χ1n) is 8.80. The van der Waals surface area contributed by atoms with Gasteiger partial charge in [0.2, 0.25) is 0 Å². The van der Waals surface area contributed by atoms with Gasteiger partial charge in [0, 0.05) is 5.69 Å². The Bertz CT molecular complexity index is 682. The molecule has 4 nitrogen and oxygen atoms in total. The van der Waals surface area contributed by atoms with E-state index in [4.69, 9.17) is 0 Å². The molecule has 132 valence electrons. The second-order valence-corrected chi connectivity index (χ2v) is 6.59. The van der Waals surface area contributed by atoms with Gasteiger partial charge < -0.3 is 15.1 Å². The van der Waals surface area contributed by atoms with Crippen LogP contribution in [0.3, 0.4) is 0 Å².